The Morgan fingerprint density at radius 1 is 1.13 bits per heavy atom. The van der Waals surface area contributed by atoms with Crippen LogP contribution in [0.4, 0.5) is 17.6 Å². The van der Waals surface area contributed by atoms with Crippen molar-refractivity contribution in [1.82, 2.24) is 4.31 Å². The van der Waals surface area contributed by atoms with Crippen molar-refractivity contribution < 1.29 is 26.0 Å². The van der Waals surface area contributed by atoms with E-state index in [2.05, 4.69) is 11.6 Å². The Labute approximate surface area is 90.0 Å². The molecule has 0 N–H and O–H groups in total. The van der Waals surface area contributed by atoms with E-state index < -0.39 is 20.7 Å². The second-order valence-electron chi connectivity index (χ2n) is 2.60. The van der Waals surface area contributed by atoms with Gasteiger partial charge in [0.25, 0.3) is 10.0 Å². The second-order valence-corrected chi connectivity index (χ2v) is 5.38. The molecule has 0 aliphatic heterocycles. The van der Waals surface area contributed by atoms with Gasteiger partial charge in [0.1, 0.15) is 0 Å². The number of rotatable bonds is 4. The quantitative estimate of drug-likeness (QED) is 0.580. The molecule has 0 aromatic rings. The molecule has 0 rings (SSSR count). The van der Waals surface area contributed by atoms with E-state index in [0.717, 1.165) is 0 Å². The van der Waals surface area contributed by atoms with Crippen molar-refractivity contribution in [2.45, 2.75) is 24.5 Å². The van der Waals surface area contributed by atoms with Crippen molar-refractivity contribution in [2.24, 2.45) is 0 Å². The molecule has 0 fully saturated rings. The highest BCUT2D eigenvalue weighted by Crippen LogP contribution is 2.43. The maximum absolute atomic E-state index is 13.0. The summed E-state index contributed by atoms with van der Waals surface area (Å²) < 4.78 is 67.0. The SMILES string of the molecule is CCN(CC)S(=O)(=O)C(F)(Cl)C(F)(F)F. The summed E-state index contributed by atoms with van der Waals surface area (Å²) in [5.41, 5.74) is 0. The third-order valence-corrected chi connectivity index (χ3v) is 4.57. The molecule has 1 unspecified atom stereocenters. The second kappa shape index (κ2) is 4.42. The number of alkyl halides is 5. The van der Waals surface area contributed by atoms with Crippen LogP contribution >= 0.6 is 11.6 Å². The molecule has 3 nitrogen and oxygen atoms in total. The first-order valence-corrected chi connectivity index (χ1v) is 5.78. The van der Waals surface area contributed by atoms with Crippen LogP contribution in [0.1, 0.15) is 13.8 Å². The van der Waals surface area contributed by atoms with Crippen LogP contribution in [0.2, 0.25) is 0 Å². The lowest BCUT2D eigenvalue weighted by Gasteiger charge is -2.27. The molecular formula is C6H10ClF4NO2S. The van der Waals surface area contributed by atoms with Gasteiger partial charge in [-0.3, -0.25) is 0 Å². The summed E-state index contributed by atoms with van der Waals surface area (Å²) in [5, 5.41) is 0. The Morgan fingerprint density at radius 3 is 1.67 bits per heavy atom. The minimum atomic E-state index is -5.67. The van der Waals surface area contributed by atoms with Crippen molar-refractivity contribution in [3.05, 3.63) is 0 Å². The normalized spacial score (nSPS) is 17.9. The standard InChI is InChI=1S/C6H10ClF4NO2S/c1-3-12(4-2)15(13,14)5(7,8)6(9,10)11/h3-4H2,1-2H3. The molecule has 15 heavy (non-hydrogen) atoms. The van der Waals surface area contributed by atoms with E-state index in [4.69, 9.17) is 0 Å². The molecule has 9 heteroatoms. The predicted molar refractivity (Wildman–Crippen MR) is 47.6 cm³/mol. The van der Waals surface area contributed by atoms with E-state index >= 15 is 0 Å². The molecule has 1 atom stereocenters. The number of hydrogen-bond acceptors (Lipinski definition) is 2. The summed E-state index contributed by atoms with van der Waals surface area (Å²) >= 11 is 4.43. The largest absolute Gasteiger partial charge is 0.454 e. The lowest BCUT2D eigenvalue weighted by Crippen LogP contribution is -2.50. The minimum absolute atomic E-state index is 0.284. The highest BCUT2D eigenvalue weighted by molar-refractivity contribution is 7.91. The monoisotopic (exact) mass is 271 g/mol. The summed E-state index contributed by atoms with van der Waals surface area (Å²) in [4.78, 5) is 0. The highest BCUT2D eigenvalue weighted by Gasteiger charge is 2.66. The molecule has 0 aromatic heterocycles. The van der Waals surface area contributed by atoms with Crippen LogP contribution in [-0.2, 0) is 10.0 Å². The van der Waals surface area contributed by atoms with E-state index in [1.165, 1.54) is 13.8 Å². The molecule has 0 saturated carbocycles. The van der Waals surface area contributed by atoms with Gasteiger partial charge in [0.15, 0.2) is 0 Å². The predicted octanol–water partition coefficient (Wildman–Crippen LogP) is 2.08. The van der Waals surface area contributed by atoms with Gasteiger partial charge in [0.2, 0.25) is 0 Å². The van der Waals surface area contributed by atoms with E-state index in [1.54, 1.807) is 0 Å². The van der Waals surface area contributed by atoms with Crippen LogP contribution in [0.3, 0.4) is 0 Å². The molecule has 0 bridgehead atoms. The number of hydrogen-bond donors (Lipinski definition) is 0. The molecule has 0 heterocycles. The van der Waals surface area contributed by atoms with Gasteiger partial charge in [-0.25, -0.2) is 8.42 Å². The summed E-state index contributed by atoms with van der Waals surface area (Å²) in [5.74, 6) is 0. The third kappa shape index (κ3) is 2.54. The van der Waals surface area contributed by atoms with Crippen molar-refractivity contribution in [3.8, 4) is 0 Å². The number of halogens is 5. The van der Waals surface area contributed by atoms with Gasteiger partial charge in [0.05, 0.1) is 0 Å². The van der Waals surface area contributed by atoms with E-state index in [9.17, 15) is 26.0 Å². The van der Waals surface area contributed by atoms with Gasteiger partial charge in [-0.1, -0.05) is 25.4 Å². The zero-order valence-electron chi connectivity index (χ0n) is 7.98. The van der Waals surface area contributed by atoms with Crippen LogP contribution in [-0.4, -0.2) is 36.4 Å². The van der Waals surface area contributed by atoms with Crippen molar-refractivity contribution in [3.63, 3.8) is 0 Å². The molecule has 0 aliphatic carbocycles. The van der Waals surface area contributed by atoms with Gasteiger partial charge in [-0.15, -0.1) is 0 Å². The molecule has 0 aliphatic rings. The van der Waals surface area contributed by atoms with Crippen molar-refractivity contribution in [2.75, 3.05) is 13.1 Å². The number of sulfonamides is 1. The zero-order chi connectivity index (χ0) is 12.5. The fourth-order valence-corrected chi connectivity index (χ4v) is 2.46. The van der Waals surface area contributed by atoms with Crippen LogP contribution in [0.5, 0.6) is 0 Å². The minimum Gasteiger partial charge on any atom is -0.207 e. The Bertz CT molecular complexity index is 310. The molecule has 0 aromatic carbocycles. The molecule has 0 radical (unpaired) electrons. The molecule has 0 spiro atoms. The van der Waals surface area contributed by atoms with Crippen molar-refractivity contribution >= 4 is 21.6 Å². The molecule has 0 saturated heterocycles. The van der Waals surface area contributed by atoms with Crippen LogP contribution in [0.25, 0.3) is 0 Å². The van der Waals surface area contributed by atoms with Gasteiger partial charge in [-0.2, -0.15) is 21.9 Å². The first-order valence-electron chi connectivity index (χ1n) is 3.96. The lowest BCUT2D eigenvalue weighted by molar-refractivity contribution is -0.171. The topological polar surface area (TPSA) is 37.4 Å². The maximum Gasteiger partial charge on any atom is 0.454 e. The van der Waals surface area contributed by atoms with Gasteiger partial charge in [0, 0.05) is 13.1 Å². The Balaban J connectivity index is 5.38. The average Bonchev–Trinajstić information content (AvgIpc) is 2.03. The molecule has 92 valence electrons. The van der Waals surface area contributed by atoms with Crippen LogP contribution in [0.15, 0.2) is 0 Å². The van der Waals surface area contributed by atoms with E-state index in [-0.39, 0.29) is 13.1 Å². The Hall–Kier alpha value is -0.0800. The number of nitrogens with zero attached hydrogens (tertiary/aromatic N) is 1. The Kier molecular flexibility index (Phi) is 4.40. The fourth-order valence-electron chi connectivity index (χ4n) is 0.872. The van der Waals surface area contributed by atoms with Crippen molar-refractivity contribution in [1.29, 1.82) is 0 Å². The van der Waals surface area contributed by atoms with Gasteiger partial charge in [-0.05, 0) is 0 Å². The summed E-state index contributed by atoms with van der Waals surface area (Å²) in [7, 11) is -5.25. The van der Waals surface area contributed by atoms with Gasteiger partial charge < -0.3 is 0 Å². The lowest BCUT2D eigenvalue weighted by atomic mass is 10.7. The van der Waals surface area contributed by atoms with E-state index in [1.807, 2.05) is 0 Å². The smallest absolute Gasteiger partial charge is 0.207 e. The summed E-state index contributed by atoms with van der Waals surface area (Å²) in [6.07, 6.45) is -5.67. The molecule has 0 amide bonds. The maximum atomic E-state index is 13.0. The first kappa shape index (κ1) is 14.9. The zero-order valence-corrected chi connectivity index (χ0v) is 9.55. The van der Waals surface area contributed by atoms with E-state index in [0.29, 0.717) is 4.31 Å². The third-order valence-electron chi connectivity index (χ3n) is 1.70. The van der Waals surface area contributed by atoms with Crippen LogP contribution in [0, 0.1) is 0 Å². The first-order chi connectivity index (χ1) is 6.52. The summed E-state index contributed by atoms with van der Waals surface area (Å²) in [6, 6.07) is 0. The molecular weight excluding hydrogens is 262 g/mol. The van der Waals surface area contributed by atoms with Crippen LogP contribution < -0.4 is 0 Å². The Morgan fingerprint density at radius 2 is 1.47 bits per heavy atom. The fraction of sp³-hybridized carbons (Fsp3) is 1.00. The van der Waals surface area contributed by atoms with Gasteiger partial charge >= 0.3 is 10.6 Å². The average molecular weight is 272 g/mol. The summed E-state index contributed by atoms with van der Waals surface area (Å²) in [6.45, 7) is 2.00. The highest BCUT2D eigenvalue weighted by atomic mass is 35.5.